The van der Waals surface area contributed by atoms with Crippen LogP contribution in [-0.2, 0) is 14.8 Å². The zero-order valence-electron chi connectivity index (χ0n) is 16.5. The molecule has 3 N–H and O–H groups in total. The molecule has 1 aliphatic rings. The molecule has 3 aromatic rings. The Morgan fingerprint density at radius 1 is 1.10 bits per heavy atom. The molecule has 158 valence electrons. The Kier molecular flexibility index (Phi) is 5.66. The van der Waals surface area contributed by atoms with Crippen molar-refractivity contribution < 1.29 is 13.2 Å². The van der Waals surface area contributed by atoms with Crippen molar-refractivity contribution in [2.75, 3.05) is 50.0 Å². The van der Waals surface area contributed by atoms with E-state index in [1.165, 1.54) is 19.2 Å². The molecule has 0 atom stereocenters. The van der Waals surface area contributed by atoms with Crippen LogP contribution in [0, 0.1) is 0 Å². The Hall–Kier alpha value is -3.02. The lowest BCUT2D eigenvalue weighted by Crippen LogP contribution is -2.49. The molecule has 30 heavy (non-hydrogen) atoms. The second kappa shape index (κ2) is 8.38. The smallest absolute Gasteiger partial charge is 0.240 e. The minimum Gasteiger partial charge on any atom is -0.353 e. The summed E-state index contributed by atoms with van der Waals surface area (Å²) in [6.07, 6.45) is 3.41. The number of carbonyl (C=O) groups excluding carboxylic acids is 1. The highest BCUT2D eigenvalue weighted by Crippen LogP contribution is 2.23. The first-order valence-corrected chi connectivity index (χ1v) is 11.0. The number of anilines is 2. The first-order valence-electron chi connectivity index (χ1n) is 9.55. The third-order valence-corrected chi connectivity index (χ3v) is 6.52. The zero-order chi connectivity index (χ0) is 21.1. The average Bonchev–Trinajstić information content (AvgIpc) is 3.24. The minimum atomic E-state index is -3.49. The van der Waals surface area contributed by atoms with Crippen molar-refractivity contribution in [3.8, 4) is 0 Å². The number of aromatic amines is 1. The van der Waals surface area contributed by atoms with Gasteiger partial charge in [0, 0.05) is 38.1 Å². The molecule has 0 bridgehead atoms. The lowest BCUT2D eigenvalue weighted by Gasteiger charge is -2.35. The summed E-state index contributed by atoms with van der Waals surface area (Å²) in [7, 11) is -2.13. The number of carbonyl (C=O) groups is 1. The molecule has 0 aliphatic carbocycles. The fourth-order valence-corrected chi connectivity index (χ4v) is 4.20. The minimum absolute atomic E-state index is 0.136. The van der Waals surface area contributed by atoms with E-state index in [2.05, 4.69) is 34.8 Å². The molecule has 1 fully saturated rings. The van der Waals surface area contributed by atoms with E-state index in [1.807, 2.05) is 12.3 Å². The maximum Gasteiger partial charge on any atom is 0.240 e. The average molecular weight is 430 g/mol. The van der Waals surface area contributed by atoms with Crippen LogP contribution in [0.4, 0.5) is 11.5 Å². The third-order valence-electron chi connectivity index (χ3n) is 5.09. The van der Waals surface area contributed by atoms with Crippen LogP contribution in [0.3, 0.4) is 0 Å². The van der Waals surface area contributed by atoms with E-state index < -0.39 is 10.0 Å². The topological polar surface area (TPSA) is 123 Å². The number of rotatable bonds is 6. The highest BCUT2D eigenvalue weighted by molar-refractivity contribution is 7.89. The number of amides is 1. The van der Waals surface area contributed by atoms with Crippen LogP contribution >= 0.6 is 0 Å². The molecule has 1 amide bonds. The molecule has 4 rings (SSSR count). The fraction of sp³-hybridized carbons (Fsp3) is 0.316. The summed E-state index contributed by atoms with van der Waals surface area (Å²) in [5.74, 6) is 0.768. The summed E-state index contributed by atoms with van der Waals surface area (Å²) in [4.78, 5) is 28.6. The fourth-order valence-electron chi connectivity index (χ4n) is 3.47. The van der Waals surface area contributed by atoms with Crippen molar-refractivity contribution >= 4 is 38.5 Å². The molecule has 0 saturated carbocycles. The monoisotopic (exact) mass is 429 g/mol. The van der Waals surface area contributed by atoms with Gasteiger partial charge in [-0.05, 0) is 37.4 Å². The summed E-state index contributed by atoms with van der Waals surface area (Å²) in [5, 5.41) is 3.81. The van der Waals surface area contributed by atoms with Gasteiger partial charge in [-0.15, -0.1) is 0 Å². The van der Waals surface area contributed by atoms with Gasteiger partial charge in [0.25, 0.3) is 0 Å². The number of aromatic nitrogens is 3. The molecular weight excluding hydrogens is 406 g/mol. The van der Waals surface area contributed by atoms with E-state index in [4.69, 9.17) is 0 Å². The lowest BCUT2D eigenvalue weighted by atomic mass is 10.2. The summed E-state index contributed by atoms with van der Waals surface area (Å²) < 4.78 is 25.8. The normalized spacial score (nSPS) is 15.4. The van der Waals surface area contributed by atoms with E-state index in [0.29, 0.717) is 5.69 Å². The van der Waals surface area contributed by atoms with Gasteiger partial charge in [-0.3, -0.25) is 9.69 Å². The first kappa shape index (κ1) is 20.3. The van der Waals surface area contributed by atoms with Gasteiger partial charge in [-0.1, -0.05) is 0 Å². The highest BCUT2D eigenvalue weighted by atomic mass is 32.2. The lowest BCUT2D eigenvalue weighted by molar-refractivity contribution is -0.117. The number of sulfonamides is 1. The van der Waals surface area contributed by atoms with E-state index in [0.717, 1.165) is 43.0 Å². The van der Waals surface area contributed by atoms with Gasteiger partial charge in [0.15, 0.2) is 0 Å². The predicted molar refractivity (Wildman–Crippen MR) is 114 cm³/mol. The molecule has 11 heteroatoms. The summed E-state index contributed by atoms with van der Waals surface area (Å²) >= 11 is 0. The summed E-state index contributed by atoms with van der Waals surface area (Å²) in [6.45, 7) is 3.28. The van der Waals surface area contributed by atoms with Gasteiger partial charge in [0.05, 0.1) is 16.8 Å². The van der Waals surface area contributed by atoms with Gasteiger partial charge >= 0.3 is 0 Å². The molecule has 2 aromatic heterocycles. The number of hydrogen-bond donors (Lipinski definition) is 3. The Bertz CT molecular complexity index is 1140. The van der Waals surface area contributed by atoms with Crippen molar-refractivity contribution in [2.24, 2.45) is 0 Å². The molecule has 0 spiro atoms. The summed E-state index contributed by atoms with van der Waals surface area (Å²) in [6, 6.07) is 8.06. The zero-order valence-corrected chi connectivity index (χ0v) is 17.3. The predicted octanol–water partition coefficient (Wildman–Crippen LogP) is 0.627. The first-order chi connectivity index (χ1) is 14.5. The highest BCUT2D eigenvalue weighted by Gasteiger charge is 2.21. The Morgan fingerprint density at radius 3 is 2.53 bits per heavy atom. The van der Waals surface area contributed by atoms with Crippen molar-refractivity contribution in [3.05, 3.63) is 42.9 Å². The number of nitrogens with one attached hydrogen (secondary N) is 3. The van der Waals surface area contributed by atoms with Crippen LogP contribution in [0.2, 0.25) is 0 Å². The van der Waals surface area contributed by atoms with Crippen LogP contribution in [-0.4, -0.2) is 73.9 Å². The molecule has 10 nitrogen and oxygen atoms in total. The molecule has 0 radical (unpaired) electrons. The SMILES string of the molecule is CNS(=O)(=O)c1ccc(NC(=O)CN2CCN(c3ncnc4[nH]ccc34)CC2)cc1. The summed E-state index contributed by atoms with van der Waals surface area (Å²) in [5.41, 5.74) is 1.37. The second-order valence-corrected chi connectivity index (χ2v) is 8.87. The number of H-pyrrole nitrogens is 1. The Labute approximate surface area is 174 Å². The van der Waals surface area contributed by atoms with E-state index in [1.54, 1.807) is 18.5 Å². The van der Waals surface area contributed by atoms with E-state index in [-0.39, 0.29) is 17.3 Å². The Balaban J connectivity index is 1.31. The van der Waals surface area contributed by atoms with Crippen LogP contribution in [0.15, 0.2) is 47.8 Å². The number of hydrogen-bond acceptors (Lipinski definition) is 7. The number of benzene rings is 1. The number of piperazine rings is 1. The molecule has 1 aromatic carbocycles. The van der Waals surface area contributed by atoms with E-state index >= 15 is 0 Å². The van der Waals surface area contributed by atoms with Crippen molar-refractivity contribution in [3.63, 3.8) is 0 Å². The van der Waals surface area contributed by atoms with Gasteiger partial charge in [0.1, 0.15) is 17.8 Å². The van der Waals surface area contributed by atoms with Crippen LogP contribution < -0.4 is 14.9 Å². The third kappa shape index (κ3) is 4.27. The molecular formula is C19H23N7O3S. The van der Waals surface area contributed by atoms with Gasteiger partial charge < -0.3 is 15.2 Å². The van der Waals surface area contributed by atoms with Gasteiger partial charge in [-0.2, -0.15) is 0 Å². The molecule has 1 saturated heterocycles. The maximum atomic E-state index is 12.4. The largest absolute Gasteiger partial charge is 0.353 e. The molecule has 0 unspecified atom stereocenters. The van der Waals surface area contributed by atoms with Gasteiger partial charge in [0.2, 0.25) is 15.9 Å². The quantitative estimate of drug-likeness (QED) is 0.525. The second-order valence-electron chi connectivity index (χ2n) is 6.98. The standard InChI is InChI=1S/C19H23N7O3S/c1-20-30(28,29)15-4-2-14(3-5-15)24-17(27)12-25-8-10-26(11-9-25)19-16-6-7-21-18(16)22-13-23-19/h2-7,13,20H,8-12H2,1H3,(H,24,27)(H,21,22,23). The van der Waals surface area contributed by atoms with Crippen molar-refractivity contribution in [2.45, 2.75) is 4.90 Å². The maximum absolute atomic E-state index is 12.4. The molecule has 3 heterocycles. The Morgan fingerprint density at radius 2 is 1.83 bits per heavy atom. The van der Waals surface area contributed by atoms with Crippen molar-refractivity contribution in [1.82, 2.24) is 24.6 Å². The van der Waals surface area contributed by atoms with E-state index in [9.17, 15) is 13.2 Å². The van der Waals surface area contributed by atoms with Crippen LogP contribution in [0.25, 0.3) is 11.0 Å². The van der Waals surface area contributed by atoms with Crippen molar-refractivity contribution in [1.29, 1.82) is 0 Å². The molecule has 1 aliphatic heterocycles. The van der Waals surface area contributed by atoms with Gasteiger partial charge in [-0.25, -0.2) is 23.1 Å². The number of fused-ring (bicyclic) bond motifs is 1. The van der Waals surface area contributed by atoms with Crippen LogP contribution in [0.1, 0.15) is 0 Å². The van der Waals surface area contributed by atoms with Crippen LogP contribution in [0.5, 0.6) is 0 Å². The number of nitrogens with zero attached hydrogens (tertiary/aromatic N) is 4.